The Hall–Kier alpha value is -2.58. The summed E-state index contributed by atoms with van der Waals surface area (Å²) >= 11 is 0. The lowest BCUT2D eigenvalue weighted by Crippen LogP contribution is -2.66. The van der Waals surface area contributed by atoms with Crippen molar-refractivity contribution in [2.45, 2.75) is 42.8 Å². The summed E-state index contributed by atoms with van der Waals surface area (Å²) in [5.41, 5.74) is 3.39. The van der Waals surface area contributed by atoms with Crippen LogP contribution in [-0.2, 0) is 10.0 Å². The summed E-state index contributed by atoms with van der Waals surface area (Å²) in [5, 5.41) is 11.0. The van der Waals surface area contributed by atoms with Gasteiger partial charge in [0.1, 0.15) is 12.0 Å². The number of halogens is 1. The number of rotatable bonds is 4. The Balaban J connectivity index is 1.41. The highest BCUT2D eigenvalue weighted by molar-refractivity contribution is 7.89. The lowest BCUT2D eigenvalue weighted by Gasteiger charge is -2.55. The van der Waals surface area contributed by atoms with Crippen LogP contribution in [0.1, 0.15) is 29.9 Å². The van der Waals surface area contributed by atoms with Gasteiger partial charge >= 0.3 is 0 Å². The lowest BCUT2D eigenvalue weighted by molar-refractivity contribution is -0.148. The first-order chi connectivity index (χ1) is 16.4. The van der Waals surface area contributed by atoms with Gasteiger partial charge in [-0.3, -0.25) is 4.90 Å². The first kappa shape index (κ1) is 23.2. The van der Waals surface area contributed by atoms with Crippen LogP contribution in [0.25, 0.3) is 11.1 Å². The molecule has 0 bridgehead atoms. The van der Waals surface area contributed by atoms with Crippen molar-refractivity contribution < 1.29 is 17.9 Å². The summed E-state index contributed by atoms with van der Waals surface area (Å²) in [6.07, 6.45) is 0.943. The molecule has 3 aromatic carbocycles. The van der Waals surface area contributed by atoms with Crippen LogP contribution in [-0.4, -0.2) is 54.6 Å². The molecule has 5 nitrogen and oxygen atoms in total. The fourth-order valence-electron chi connectivity index (χ4n) is 5.27. The smallest absolute Gasteiger partial charge is 0.243 e. The summed E-state index contributed by atoms with van der Waals surface area (Å²) in [5.74, 6) is -0.467. The molecule has 2 heterocycles. The van der Waals surface area contributed by atoms with E-state index in [0.717, 1.165) is 41.6 Å². The normalized spacial score (nSPS) is 24.0. The number of fused-ring (bicyclic) bond motifs is 1. The molecule has 5 rings (SSSR count). The molecule has 0 saturated carbocycles. The van der Waals surface area contributed by atoms with E-state index in [-0.39, 0.29) is 17.8 Å². The molecule has 0 amide bonds. The number of nitrogens with zero attached hydrogens (tertiary/aromatic N) is 2. The number of sulfonamides is 1. The van der Waals surface area contributed by atoms with Crippen LogP contribution in [0.15, 0.2) is 77.7 Å². The molecule has 3 aromatic rings. The third-order valence-corrected chi connectivity index (χ3v) is 9.16. The van der Waals surface area contributed by atoms with E-state index in [1.165, 1.54) is 12.1 Å². The Kier molecular flexibility index (Phi) is 6.29. The van der Waals surface area contributed by atoms with Crippen molar-refractivity contribution in [1.29, 1.82) is 0 Å². The number of benzene rings is 3. The molecule has 0 spiro atoms. The van der Waals surface area contributed by atoms with Gasteiger partial charge in [0.25, 0.3) is 0 Å². The van der Waals surface area contributed by atoms with Gasteiger partial charge in [0.15, 0.2) is 0 Å². The predicted molar refractivity (Wildman–Crippen MR) is 130 cm³/mol. The molecule has 0 aliphatic carbocycles. The highest BCUT2D eigenvalue weighted by atomic mass is 32.2. The van der Waals surface area contributed by atoms with Crippen LogP contribution < -0.4 is 0 Å². The van der Waals surface area contributed by atoms with Crippen molar-refractivity contribution in [3.05, 3.63) is 89.7 Å². The van der Waals surface area contributed by atoms with Crippen LogP contribution in [0.3, 0.4) is 0 Å². The van der Waals surface area contributed by atoms with Gasteiger partial charge in [0, 0.05) is 31.6 Å². The molecule has 34 heavy (non-hydrogen) atoms. The van der Waals surface area contributed by atoms with E-state index in [2.05, 4.69) is 0 Å². The molecule has 0 radical (unpaired) electrons. The molecule has 3 atom stereocenters. The topological polar surface area (TPSA) is 60.9 Å². The molecule has 2 fully saturated rings. The number of aliphatic hydroxyl groups excluding tert-OH is 1. The Morgan fingerprint density at radius 1 is 0.912 bits per heavy atom. The zero-order chi connectivity index (χ0) is 23.9. The van der Waals surface area contributed by atoms with Crippen molar-refractivity contribution in [2.24, 2.45) is 0 Å². The molecule has 7 heteroatoms. The number of hydrogen-bond donors (Lipinski definition) is 1. The lowest BCUT2D eigenvalue weighted by atomic mass is 9.79. The van der Waals surface area contributed by atoms with Gasteiger partial charge in [-0.1, -0.05) is 54.6 Å². The predicted octanol–water partition coefficient (Wildman–Crippen LogP) is 4.37. The van der Waals surface area contributed by atoms with Gasteiger partial charge in [-0.25, -0.2) is 12.8 Å². The Labute approximate surface area is 200 Å². The monoisotopic (exact) mass is 480 g/mol. The highest BCUT2D eigenvalue weighted by Gasteiger charge is 2.50. The first-order valence-corrected chi connectivity index (χ1v) is 13.2. The average molecular weight is 481 g/mol. The van der Waals surface area contributed by atoms with Gasteiger partial charge in [-0.05, 0) is 60.2 Å². The number of aliphatic hydroxyl groups is 1. The van der Waals surface area contributed by atoms with E-state index >= 15 is 0 Å². The molecule has 2 saturated heterocycles. The first-order valence-electron chi connectivity index (χ1n) is 11.7. The summed E-state index contributed by atoms with van der Waals surface area (Å²) in [7, 11) is -3.64. The van der Waals surface area contributed by atoms with Gasteiger partial charge < -0.3 is 5.11 Å². The van der Waals surface area contributed by atoms with Crippen LogP contribution in [0.5, 0.6) is 0 Å². The third-order valence-electron chi connectivity index (χ3n) is 7.13. The largest absolute Gasteiger partial charge is 0.378 e. The second-order valence-electron chi connectivity index (χ2n) is 9.21. The molecular weight excluding hydrogens is 451 g/mol. The maximum absolute atomic E-state index is 13.6. The van der Waals surface area contributed by atoms with E-state index in [1.807, 2.05) is 54.3 Å². The molecule has 178 valence electrons. The van der Waals surface area contributed by atoms with E-state index in [0.29, 0.717) is 18.0 Å². The van der Waals surface area contributed by atoms with Crippen molar-refractivity contribution in [2.75, 3.05) is 19.6 Å². The standard InChI is InChI=1S/C27H29FN2O3S/c1-19-7-2-3-10-25(19)34(32,33)29-15-4-5-16-30-24(18-29)26(27(30)31)21-13-11-20(12-14-21)22-8-6-9-23(28)17-22/h2-3,6-14,17,24,26-27,31H,4-5,15-16,18H2,1H3/t24-,26-,27+/m0/s1. The Morgan fingerprint density at radius 2 is 1.65 bits per heavy atom. The van der Waals surface area contributed by atoms with Crippen LogP contribution in [0, 0.1) is 12.7 Å². The van der Waals surface area contributed by atoms with Crippen molar-refractivity contribution in [1.82, 2.24) is 9.21 Å². The highest BCUT2D eigenvalue weighted by Crippen LogP contribution is 2.42. The third kappa shape index (κ3) is 4.18. The average Bonchev–Trinajstić information content (AvgIpc) is 2.81. The molecular formula is C27H29FN2O3S. The van der Waals surface area contributed by atoms with Gasteiger partial charge in [0.2, 0.25) is 10.0 Å². The van der Waals surface area contributed by atoms with Gasteiger partial charge in [-0.15, -0.1) is 0 Å². The van der Waals surface area contributed by atoms with Crippen molar-refractivity contribution in [3.8, 4) is 11.1 Å². The fraction of sp³-hybridized carbons (Fsp3) is 0.333. The zero-order valence-corrected chi connectivity index (χ0v) is 20.0. The molecule has 2 aliphatic heterocycles. The molecule has 2 aliphatic rings. The molecule has 0 unspecified atom stereocenters. The van der Waals surface area contributed by atoms with E-state index in [9.17, 15) is 17.9 Å². The molecule has 1 N–H and O–H groups in total. The van der Waals surface area contributed by atoms with Crippen LogP contribution >= 0.6 is 0 Å². The number of aryl methyl sites for hydroxylation is 1. The van der Waals surface area contributed by atoms with E-state index < -0.39 is 16.3 Å². The zero-order valence-electron chi connectivity index (χ0n) is 19.1. The SMILES string of the molecule is Cc1ccccc1S(=O)(=O)N1CCCCN2[C@H](O)[C@@H](c3ccc(-c4cccc(F)c4)cc3)[C@@H]2C1. The Bertz CT molecular complexity index is 1280. The van der Waals surface area contributed by atoms with E-state index in [4.69, 9.17) is 0 Å². The summed E-state index contributed by atoms with van der Waals surface area (Å²) < 4.78 is 42.2. The summed E-state index contributed by atoms with van der Waals surface area (Å²) in [6.45, 7) is 3.38. The van der Waals surface area contributed by atoms with Gasteiger partial charge in [-0.2, -0.15) is 4.31 Å². The van der Waals surface area contributed by atoms with Crippen molar-refractivity contribution >= 4 is 10.0 Å². The van der Waals surface area contributed by atoms with Crippen molar-refractivity contribution in [3.63, 3.8) is 0 Å². The minimum absolute atomic E-state index is 0.103. The quantitative estimate of drug-likeness (QED) is 0.602. The second kappa shape index (κ2) is 9.23. The van der Waals surface area contributed by atoms with Gasteiger partial charge in [0.05, 0.1) is 4.90 Å². The molecule has 0 aromatic heterocycles. The maximum Gasteiger partial charge on any atom is 0.243 e. The second-order valence-corrected chi connectivity index (χ2v) is 11.1. The van der Waals surface area contributed by atoms with Crippen LogP contribution in [0.4, 0.5) is 4.39 Å². The maximum atomic E-state index is 13.6. The van der Waals surface area contributed by atoms with Crippen LogP contribution in [0.2, 0.25) is 0 Å². The van der Waals surface area contributed by atoms with E-state index in [1.54, 1.807) is 22.5 Å². The minimum Gasteiger partial charge on any atom is -0.378 e. The Morgan fingerprint density at radius 3 is 2.38 bits per heavy atom. The summed E-state index contributed by atoms with van der Waals surface area (Å²) in [6, 6.07) is 21.2. The minimum atomic E-state index is -3.64. The summed E-state index contributed by atoms with van der Waals surface area (Å²) in [4.78, 5) is 2.36. The number of hydrogen-bond acceptors (Lipinski definition) is 4. The fourth-order valence-corrected chi connectivity index (χ4v) is 6.99.